The van der Waals surface area contributed by atoms with Crippen molar-refractivity contribution >= 4 is 35.8 Å². The molecule has 2 rings (SSSR count). The number of carbonyl (C=O) groups excluding carboxylic acids is 3. The molecule has 0 bridgehead atoms. The normalized spacial score (nSPS) is 16.9. The molecule has 0 N–H and O–H groups in total. The molecule has 0 aromatic heterocycles. The highest BCUT2D eigenvalue weighted by atomic mass is 32.2. The molecule has 168 valence electrons. The van der Waals surface area contributed by atoms with Crippen molar-refractivity contribution in [3.05, 3.63) is 51.6 Å². The molecule has 1 aromatic rings. The smallest absolute Gasteiger partial charge is 0.339 e. The molecule has 0 amide bonds. The lowest BCUT2D eigenvalue weighted by atomic mass is 10.0. The van der Waals surface area contributed by atoms with Crippen LogP contribution in [-0.2, 0) is 38.4 Å². The van der Waals surface area contributed by atoms with Crippen molar-refractivity contribution < 1.29 is 37.0 Å². The quantitative estimate of drug-likeness (QED) is 0.342. The van der Waals surface area contributed by atoms with E-state index in [0.29, 0.717) is 0 Å². The van der Waals surface area contributed by atoms with Gasteiger partial charge in [-0.3, -0.25) is 4.79 Å². The van der Waals surface area contributed by atoms with Crippen LogP contribution in [0.4, 0.5) is 0 Å². The third-order valence-corrected chi connectivity index (χ3v) is 8.96. The Balaban J connectivity index is 3.06. The summed E-state index contributed by atoms with van der Waals surface area (Å²) >= 11 is 0. The molecule has 31 heavy (non-hydrogen) atoms. The van der Waals surface area contributed by atoms with Crippen LogP contribution < -0.4 is 0 Å². The largest absolute Gasteiger partial charge is 0.466 e. The van der Waals surface area contributed by atoms with Crippen LogP contribution in [0.5, 0.6) is 0 Å². The highest BCUT2D eigenvalue weighted by molar-refractivity contribution is 7.95. The molecule has 0 radical (unpaired) electrons. The Morgan fingerprint density at radius 2 is 1.52 bits per heavy atom. The van der Waals surface area contributed by atoms with E-state index in [9.17, 15) is 22.8 Å². The van der Waals surface area contributed by atoms with E-state index >= 15 is 0 Å². The third kappa shape index (κ3) is 4.49. The first-order chi connectivity index (χ1) is 14.4. The predicted octanol–water partition coefficient (Wildman–Crippen LogP) is 2.43. The minimum atomic E-state index is -4.29. The average molecular weight is 467 g/mol. The van der Waals surface area contributed by atoms with Gasteiger partial charge in [-0.2, -0.15) is 0 Å². The molecule has 8 nitrogen and oxygen atoms in total. The highest BCUT2D eigenvalue weighted by Crippen LogP contribution is 2.47. The van der Waals surface area contributed by atoms with Gasteiger partial charge in [0.05, 0.1) is 49.8 Å². The lowest BCUT2D eigenvalue weighted by Crippen LogP contribution is -2.36. The summed E-state index contributed by atoms with van der Waals surface area (Å²) in [6.07, 6.45) is 0. The number of methoxy groups -OCH3 is 2. The maximum atomic E-state index is 13.7. The zero-order valence-electron chi connectivity index (χ0n) is 18.3. The van der Waals surface area contributed by atoms with Crippen LogP contribution in [0.1, 0.15) is 6.92 Å². The summed E-state index contributed by atoms with van der Waals surface area (Å²) in [6, 6.07) is 7.51. The lowest BCUT2D eigenvalue weighted by molar-refractivity contribution is -0.148. The van der Waals surface area contributed by atoms with Crippen LogP contribution in [0.15, 0.2) is 56.5 Å². The number of carbonyl (C=O) groups is 3. The van der Waals surface area contributed by atoms with E-state index in [2.05, 4.69) is 0 Å². The summed E-state index contributed by atoms with van der Waals surface area (Å²) in [5, 5.41) is 0.204. The molecule has 0 saturated heterocycles. The fourth-order valence-corrected chi connectivity index (χ4v) is 8.42. The van der Waals surface area contributed by atoms with Gasteiger partial charge in [0.15, 0.2) is 0 Å². The summed E-state index contributed by atoms with van der Waals surface area (Å²) in [4.78, 5) is 38.1. The van der Waals surface area contributed by atoms with Gasteiger partial charge >= 0.3 is 17.9 Å². The number of hydrogen-bond donors (Lipinski definition) is 0. The molecule has 1 unspecified atom stereocenters. The molecule has 1 aliphatic carbocycles. The van der Waals surface area contributed by atoms with E-state index in [-0.39, 0.29) is 27.2 Å². The minimum Gasteiger partial charge on any atom is -0.466 e. The molecule has 1 aromatic carbocycles. The molecule has 0 aliphatic heterocycles. The Morgan fingerprint density at radius 3 is 1.97 bits per heavy atom. The standard InChI is InChI=1S/C21H26O8SSi/c1-7-29-21(24)16-14(19(22)27-2)15(20(23)28-3)17(18(16)31(4,5)6)30(25,26)13-11-9-8-10-12-13/h8-12,16H,7H2,1-6H3. The molecule has 10 heteroatoms. The Bertz CT molecular complexity index is 1060. The molecule has 0 saturated carbocycles. The molecule has 1 atom stereocenters. The van der Waals surface area contributed by atoms with Gasteiger partial charge in [0.25, 0.3) is 0 Å². The third-order valence-electron chi connectivity index (χ3n) is 4.77. The van der Waals surface area contributed by atoms with Gasteiger partial charge in [-0.25, -0.2) is 18.0 Å². The van der Waals surface area contributed by atoms with E-state index in [1.165, 1.54) is 12.1 Å². The first-order valence-electron chi connectivity index (χ1n) is 9.56. The topological polar surface area (TPSA) is 113 Å². The fourth-order valence-electron chi connectivity index (χ4n) is 3.54. The first kappa shape index (κ1) is 24.5. The Hall–Kier alpha value is -2.72. The Morgan fingerprint density at radius 1 is 0.968 bits per heavy atom. The van der Waals surface area contributed by atoms with E-state index in [4.69, 9.17) is 14.2 Å². The van der Waals surface area contributed by atoms with Gasteiger partial charge in [0.2, 0.25) is 9.84 Å². The molecule has 0 fully saturated rings. The zero-order chi connectivity index (χ0) is 23.6. The summed E-state index contributed by atoms with van der Waals surface area (Å²) < 4.78 is 42.3. The zero-order valence-corrected chi connectivity index (χ0v) is 20.2. The van der Waals surface area contributed by atoms with Crippen molar-refractivity contribution in [1.29, 1.82) is 0 Å². The number of esters is 3. The summed E-state index contributed by atoms with van der Waals surface area (Å²) in [6.45, 7) is 7.07. The average Bonchev–Trinajstić information content (AvgIpc) is 3.11. The number of rotatable bonds is 7. The van der Waals surface area contributed by atoms with Crippen LogP contribution in [0, 0.1) is 5.92 Å². The maximum absolute atomic E-state index is 13.7. The van der Waals surface area contributed by atoms with Crippen molar-refractivity contribution in [3.63, 3.8) is 0 Å². The summed E-state index contributed by atoms with van der Waals surface area (Å²) in [5.74, 6) is -4.23. The highest BCUT2D eigenvalue weighted by Gasteiger charge is 2.52. The van der Waals surface area contributed by atoms with Crippen molar-refractivity contribution in [2.45, 2.75) is 31.5 Å². The summed E-state index contributed by atoms with van der Waals surface area (Å²) in [5.41, 5.74) is -0.853. The fraction of sp³-hybridized carbons (Fsp3) is 0.381. The van der Waals surface area contributed by atoms with Crippen molar-refractivity contribution in [2.75, 3.05) is 20.8 Å². The monoisotopic (exact) mass is 466 g/mol. The number of hydrogen-bond acceptors (Lipinski definition) is 8. The molecular formula is C21H26O8SSi. The van der Waals surface area contributed by atoms with E-state index in [1.54, 1.807) is 25.1 Å². The number of ether oxygens (including phenoxy) is 3. The van der Waals surface area contributed by atoms with Gasteiger partial charge in [0, 0.05) is 0 Å². The molecule has 0 heterocycles. The van der Waals surface area contributed by atoms with E-state index in [1.807, 2.05) is 19.6 Å². The van der Waals surface area contributed by atoms with Crippen LogP contribution in [0.2, 0.25) is 19.6 Å². The lowest BCUT2D eigenvalue weighted by Gasteiger charge is -2.26. The van der Waals surface area contributed by atoms with Crippen LogP contribution in [-0.4, -0.2) is 55.2 Å². The van der Waals surface area contributed by atoms with Crippen LogP contribution >= 0.6 is 0 Å². The molecule has 0 spiro atoms. The molecular weight excluding hydrogens is 440 g/mol. The second kappa shape index (κ2) is 9.19. The number of sulfone groups is 1. The number of benzene rings is 1. The van der Waals surface area contributed by atoms with E-state index < -0.39 is 47.3 Å². The van der Waals surface area contributed by atoms with Gasteiger partial charge in [0.1, 0.15) is 5.92 Å². The predicted molar refractivity (Wildman–Crippen MR) is 115 cm³/mol. The SMILES string of the molecule is CCOC(=O)C1C(C(=O)OC)=C(C(=O)OC)C(S(=O)(=O)c2ccccc2)=C1[Si](C)(C)C. The molecule has 1 aliphatic rings. The minimum absolute atomic E-state index is 0.0110. The maximum Gasteiger partial charge on any atom is 0.339 e. The van der Waals surface area contributed by atoms with E-state index in [0.717, 1.165) is 14.2 Å². The van der Waals surface area contributed by atoms with Crippen LogP contribution in [0.25, 0.3) is 0 Å². The van der Waals surface area contributed by atoms with Crippen LogP contribution in [0.3, 0.4) is 0 Å². The second-order valence-electron chi connectivity index (χ2n) is 7.77. The van der Waals surface area contributed by atoms with Crippen molar-refractivity contribution in [2.24, 2.45) is 5.92 Å². The van der Waals surface area contributed by atoms with Gasteiger partial charge in [-0.1, -0.05) is 37.8 Å². The van der Waals surface area contributed by atoms with Gasteiger partial charge in [-0.05, 0) is 24.3 Å². The van der Waals surface area contributed by atoms with Crippen molar-refractivity contribution in [1.82, 2.24) is 0 Å². The Kier molecular flexibility index (Phi) is 7.27. The Labute approximate surface area is 182 Å². The first-order valence-corrected chi connectivity index (χ1v) is 14.5. The summed E-state index contributed by atoms with van der Waals surface area (Å²) in [7, 11) is -4.77. The van der Waals surface area contributed by atoms with Gasteiger partial charge < -0.3 is 14.2 Å². The van der Waals surface area contributed by atoms with Gasteiger partial charge in [-0.15, -0.1) is 0 Å². The second-order valence-corrected chi connectivity index (χ2v) is 14.7. The van der Waals surface area contributed by atoms with Crippen molar-refractivity contribution in [3.8, 4) is 0 Å².